The highest BCUT2D eigenvalue weighted by atomic mass is 16.4. The van der Waals surface area contributed by atoms with Crippen LogP contribution in [0.5, 0.6) is 0 Å². The normalized spacial score (nSPS) is 10.5. The third kappa shape index (κ3) is 1.14. The molecule has 0 saturated heterocycles. The number of nitrogens with zero attached hydrogens (tertiary/aromatic N) is 3. The minimum atomic E-state index is -1.02. The van der Waals surface area contributed by atoms with Gasteiger partial charge in [0, 0.05) is 12.4 Å². The molecule has 0 aliphatic carbocycles. The lowest BCUT2D eigenvalue weighted by molar-refractivity contribution is 0.0691. The maximum atomic E-state index is 10.6. The highest BCUT2D eigenvalue weighted by molar-refractivity contribution is 5.86. The number of fused-ring (bicyclic) bond motifs is 1. The van der Waals surface area contributed by atoms with Crippen LogP contribution in [0.1, 0.15) is 16.3 Å². The molecule has 5 heteroatoms. The lowest BCUT2D eigenvalue weighted by Gasteiger charge is -1.94. The molecule has 0 amide bonds. The molecule has 0 atom stereocenters. The van der Waals surface area contributed by atoms with Crippen LogP contribution in [0.4, 0.5) is 0 Å². The second-order valence-corrected chi connectivity index (χ2v) is 2.65. The lowest BCUT2D eigenvalue weighted by Crippen LogP contribution is -1.95. The van der Waals surface area contributed by atoms with E-state index in [0.29, 0.717) is 5.65 Å². The number of aromatic carboxylic acids is 1. The van der Waals surface area contributed by atoms with Crippen molar-refractivity contribution in [3.05, 3.63) is 30.0 Å². The van der Waals surface area contributed by atoms with Crippen LogP contribution in [-0.2, 0) is 0 Å². The topological polar surface area (TPSA) is 67.5 Å². The van der Waals surface area contributed by atoms with E-state index in [1.165, 1.54) is 6.20 Å². The molecule has 0 bridgehead atoms. The van der Waals surface area contributed by atoms with E-state index in [9.17, 15) is 4.79 Å². The van der Waals surface area contributed by atoms with Gasteiger partial charge in [-0.2, -0.15) is 0 Å². The van der Waals surface area contributed by atoms with Crippen molar-refractivity contribution >= 4 is 11.6 Å². The van der Waals surface area contributed by atoms with E-state index in [4.69, 9.17) is 5.11 Å². The quantitative estimate of drug-likeness (QED) is 0.697. The van der Waals surface area contributed by atoms with E-state index in [-0.39, 0.29) is 5.69 Å². The van der Waals surface area contributed by atoms with Crippen molar-refractivity contribution in [2.75, 3.05) is 0 Å². The van der Waals surface area contributed by atoms with E-state index in [1.807, 2.05) is 0 Å². The van der Waals surface area contributed by atoms with Gasteiger partial charge in [-0.15, -0.1) is 0 Å². The summed E-state index contributed by atoms with van der Waals surface area (Å²) in [5.74, 6) is -0.305. The molecule has 0 saturated carbocycles. The van der Waals surface area contributed by atoms with Gasteiger partial charge in [-0.05, 0) is 13.0 Å². The number of carboxylic acid groups (broad SMARTS) is 1. The van der Waals surface area contributed by atoms with E-state index >= 15 is 0 Å². The maximum Gasteiger partial charge on any atom is 0.356 e. The van der Waals surface area contributed by atoms with Gasteiger partial charge in [0.05, 0.1) is 0 Å². The summed E-state index contributed by atoms with van der Waals surface area (Å²) in [6.45, 7) is 1.79. The van der Waals surface area contributed by atoms with Gasteiger partial charge in [0.25, 0.3) is 0 Å². The summed E-state index contributed by atoms with van der Waals surface area (Å²) in [5.41, 5.74) is 0.640. The van der Waals surface area contributed by atoms with Crippen LogP contribution in [0.3, 0.4) is 0 Å². The SMILES string of the molecule is Cc1nccc2nc(C(=O)O)cn12. The first-order valence-corrected chi connectivity index (χ1v) is 3.72. The van der Waals surface area contributed by atoms with E-state index in [1.54, 1.807) is 23.6 Å². The Kier molecular flexibility index (Phi) is 1.51. The predicted molar refractivity (Wildman–Crippen MR) is 44.7 cm³/mol. The second-order valence-electron chi connectivity index (χ2n) is 2.65. The van der Waals surface area contributed by atoms with Crippen LogP contribution in [-0.4, -0.2) is 25.4 Å². The fourth-order valence-electron chi connectivity index (χ4n) is 1.15. The van der Waals surface area contributed by atoms with Crippen molar-refractivity contribution < 1.29 is 9.90 Å². The molecule has 0 radical (unpaired) electrons. The third-order valence-electron chi connectivity index (χ3n) is 1.79. The van der Waals surface area contributed by atoms with Gasteiger partial charge in [0.15, 0.2) is 5.69 Å². The highest BCUT2D eigenvalue weighted by Crippen LogP contribution is 2.05. The molecule has 0 unspecified atom stereocenters. The molecule has 0 aromatic carbocycles. The zero-order valence-corrected chi connectivity index (χ0v) is 6.93. The molecule has 1 N–H and O–H groups in total. The molecule has 0 aliphatic heterocycles. The zero-order valence-electron chi connectivity index (χ0n) is 6.93. The average molecular weight is 177 g/mol. The molecule has 13 heavy (non-hydrogen) atoms. The molecule has 66 valence electrons. The summed E-state index contributed by atoms with van der Waals surface area (Å²) in [6.07, 6.45) is 3.06. The minimum absolute atomic E-state index is 0.0381. The number of carboxylic acids is 1. The van der Waals surface area contributed by atoms with Crippen molar-refractivity contribution in [1.29, 1.82) is 0 Å². The van der Waals surface area contributed by atoms with Crippen LogP contribution >= 0.6 is 0 Å². The number of hydrogen-bond acceptors (Lipinski definition) is 3. The molecule has 2 rings (SSSR count). The number of rotatable bonds is 1. The maximum absolute atomic E-state index is 10.6. The largest absolute Gasteiger partial charge is 0.476 e. The average Bonchev–Trinajstić information content (AvgIpc) is 2.49. The Balaban J connectivity index is 2.75. The monoisotopic (exact) mass is 177 g/mol. The Morgan fingerprint density at radius 1 is 1.62 bits per heavy atom. The summed E-state index contributed by atoms with van der Waals surface area (Å²) in [5, 5.41) is 8.68. The van der Waals surface area contributed by atoms with Crippen LogP contribution < -0.4 is 0 Å². The number of imidazole rings is 1. The van der Waals surface area contributed by atoms with Crippen LogP contribution in [0.25, 0.3) is 5.65 Å². The standard InChI is InChI=1S/C8H7N3O2/c1-5-9-3-2-7-10-6(8(12)13)4-11(5)7/h2-4H,1H3,(H,12,13). The molecule has 0 spiro atoms. The Morgan fingerprint density at radius 2 is 2.38 bits per heavy atom. The number of carbonyl (C=O) groups is 1. The summed E-state index contributed by atoms with van der Waals surface area (Å²) in [6, 6.07) is 1.67. The number of aromatic nitrogens is 3. The van der Waals surface area contributed by atoms with Gasteiger partial charge in [0.2, 0.25) is 0 Å². The Bertz CT molecular complexity index is 475. The third-order valence-corrected chi connectivity index (χ3v) is 1.79. The Labute approximate surface area is 73.7 Å². The van der Waals surface area contributed by atoms with Crippen LogP contribution in [0.15, 0.2) is 18.5 Å². The first-order valence-electron chi connectivity index (χ1n) is 3.72. The highest BCUT2D eigenvalue weighted by Gasteiger charge is 2.08. The van der Waals surface area contributed by atoms with Gasteiger partial charge >= 0.3 is 5.97 Å². The molecule has 2 heterocycles. The number of hydrogen-bond donors (Lipinski definition) is 1. The summed E-state index contributed by atoms with van der Waals surface area (Å²) in [4.78, 5) is 18.5. The molecule has 2 aromatic rings. The molecule has 0 fully saturated rings. The van der Waals surface area contributed by atoms with E-state index in [2.05, 4.69) is 9.97 Å². The fourth-order valence-corrected chi connectivity index (χ4v) is 1.15. The van der Waals surface area contributed by atoms with Gasteiger partial charge in [-0.25, -0.2) is 14.8 Å². The summed E-state index contributed by atoms with van der Waals surface area (Å²) in [7, 11) is 0. The van der Waals surface area contributed by atoms with Gasteiger partial charge in [-0.3, -0.25) is 4.40 Å². The van der Waals surface area contributed by atoms with Crippen molar-refractivity contribution in [3.8, 4) is 0 Å². The molecular weight excluding hydrogens is 170 g/mol. The molecule has 0 aliphatic rings. The lowest BCUT2D eigenvalue weighted by atomic mass is 10.5. The fraction of sp³-hybridized carbons (Fsp3) is 0.125. The first-order chi connectivity index (χ1) is 6.18. The van der Waals surface area contributed by atoms with E-state index < -0.39 is 5.97 Å². The predicted octanol–water partition coefficient (Wildman–Crippen LogP) is 0.736. The van der Waals surface area contributed by atoms with Gasteiger partial charge < -0.3 is 5.11 Å². The Hall–Kier alpha value is -1.91. The smallest absolute Gasteiger partial charge is 0.356 e. The van der Waals surface area contributed by atoms with Crippen molar-refractivity contribution in [1.82, 2.24) is 14.4 Å². The summed E-state index contributed by atoms with van der Waals surface area (Å²) >= 11 is 0. The number of aryl methyl sites for hydroxylation is 1. The van der Waals surface area contributed by atoms with Crippen molar-refractivity contribution in [2.24, 2.45) is 0 Å². The minimum Gasteiger partial charge on any atom is -0.476 e. The zero-order chi connectivity index (χ0) is 9.42. The van der Waals surface area contributed by atoms with E-state index in [0.717, 1.165) is 5.82 Å². The van der Waals surface area contributed by atoms with Crippen LogP contribution in [0, 0.1) is 6.92 Å². The molecular formula is C8H7N3O2. The molecule has 2 aromatic heterocycles. The Morgan fingerprint density at radius 3 is 3.00 bits per heavy atom. The summed E-state index contributed by atoms with van der Waals surface area (Å²) < 4.78 is 1.64. The first kappa shape index (κ1) is 7.72. The second kappa shape index (κ2) is 2.55. The molecule has 5 nitrogen and oxygen atoms in total. The van der Waals surface area contributed by atoms with Crippen LogP contribution in [0.2, 0.25) is 0 Å². The van der Waals surface area contributed by atoms with Gasteiger partial charge in [-0.1, -0.05) is 0 Å². The van der Waals surface area contributed by atoms with Crippen molar-refractivity contribution in [3.63, 3.8) is 0 Å². The van der Waals surface area contributed by atoms with Crippen molar-refractivity contribution in [2.45, 2.75) is 6.92 Å². The van der Waals surface area contributed by atoms with Gasteiger partial charge in [0.1, 0.15) is 11.5 Å².